The van der Waals surface area contributed by atoms with Gasteiger partial charge in [0.2, 0.25) is 0 Å². The van der Waals surface area contributed by atoms with E-state index in [-0.39, 0.29) is 12.0 Å². The Bertz CT molecular complexity index is 1110. The van der Waals surface area contributed by atoms with Crippen molar-refractivity contribution in [1.29, 1.82) is 0 Å². The first-order chi connectivity index (χ1) is 15.1. The summed E-state index contributed by atoms with van der Waals surface area (Å²) >= 11 is 1.57. The molecule has 0 aromatic carbocycles. The summed E-state index contributed by atoms with van der Waals surface area (Å²) in [4.78, 5) is 24.2. The van der Waals surface area contributed by atoms with Crippen molar-refractivity contribution in [2.45, 2.75) is 45.6 Å². The average molecular weight is 439 g/mol. The zero-order valence-corrected chi connectivity index (χ0v) is 18.6. The fourth-order valence-corrected chi connectivity index (χ4v) is 4.99. The van der Waals surface area contributed by atoms with E-state index in [0.717, 1.165) is 64.8 Å². The number of carbonyl (C=O) groups is 1. The van der Waals surface area contributed by atoms with Gasteiger partial charge in [-0.1, -0.05) is 0 Å². The highest BCUT2D eigenvalue weighted by Crippen LogP contribution is 2.28. The first-order valence-corrected chi connectivity index (χ1v) is 11.6. The van der Waals surface area contributed by atoms with Crippen molar-refractivity contribution in [2.75, 3.05) is 25.0 Å². The Kier molecular flexibility index (Phi) is 5.45. The third-order valence-electron chi connectivity index (χ3n) is 5.79. The lowest BCUT2D eigenvalue weighted by Crippen LogP contribution is -2.43. The molecule has 2 aliphatic rings. The molecule has 0 bridgehead atoms. The van der Waals surface area contributed by atoms with Crippen LogP contribution in [0.3, 0.4) is 0 Å². The quantitative estimate of drug-likeness (QED) is 0.645. The fraction of sp³-hybridized carbons (Fsp3) is 0.455. The summed E-state index contributed by atoms with van der Waals surface area (Å²) in [5.41, 5.74) is 6.41. The summed E-state index contributed by atoms with van der Waals surface area (Å²) in [5.74, 6) is -0.0167. The Hall–Kier alpha value is -2.78. The molecule has 8 nitrogen and oxygen atoms in total. The third kappa shape index (κ3) is 4.20. The van der Waals surface area contributed by atoms with Crippen LogP contribution in [0.2, 0.25) is 0 Å². The van der Waals surface area contributed by atoms with Gasteiger partial charge < -0.3 is 15.0 Å². The number of nitrogens with zero attached hydrogens (tertiary/aromatic N) is 4. The Morgan fingerprint density at radius 1 is 1.23 bits per heavy atom. The highest BCUT2D eigenvalue weighted by molar-refractivity contribution is 7.13. The topological polar surface area (TPSA) is 96.0 Å². The molecule has 1 aliphatic carbocycles. The number of aromatic nitrogens is 4. The van der Waals surface area contributed by atoms with Gasteiger partial charge in [-0.3, -0.25) is 14.9 Å². The molecule has 0 saturated carbocycles. The predicted molar refractivity (Wildman–Crippen MR) is 119 cm³/mol. The minimum atomic E-state index is -0.272. The molecule has 0 unspecified atom stereocenters. The maximum atomic E-state index is 13.2. The van der Waals surface area contributed by atoms with Gasteiger partial charge in [-0.15, -0.1) is 11.3 Å². The van der Waals surface area contributed by atoms with Gasteiger partial charge in [-0.2, -0.15) is 5.10 Å². The molecular weight excluding hydrogens is 412 g/mol. The van der Waals surface area contributed by atoms with Crippen molar-refractivity contribution in [3.05, 3.63) is 51.5 Å². The molecule has 1 saturated heterocycles. The van der Waals surface area contributed by atoms with E-state index in [1.165, 1.54) is 0 Å². The summed E-state index contributed by atoms with van der Waals surface area (Å²) in [6.45, 7) is 5.44. The average Bonchev–Trinajstić information content (AvgIpc) is 3.39. The molecule has 4 heterocycles. The van der Waals surface area contributed by atoms with Crippen molar-refractivity contribution >= 4 is 28.1 Å². The smallest absolute Gasteiger partial charge is 0.274 e. The second-order valence-electron chi connectivity index (χ2n) is 8.19. The number of rotatable bonds is 4. The SMILES string of the molecule is Cc1cc(Nc2nc(C)cs2)cc([C@@H]2CN(C(=O)c3n[nH]c4c3CCCC4)CCO2)n1. The molecule has 3 aromatic rings. The second-order valence-corrected chi connectivity index (χ2v) is 9.05. The normalized spacial score (nSPS) is 18.6. The van der Waals surface area contributed by atoms with Crippen LogP contribution in [-0.4, -0.2) is 50.7 Å². The van der Waals surface area contributed by atoms with E-state index in [2.05, 4.69) is 25.5 Å². The van der Waals surface area contributed by atoms with Gasteiger partial charge >= 0.3 is 0 Å². The minimum absolute atomic E-state index is 0.0167. The summed E-state index contributed by atoms with van der Waals surface area (Å²) in [6, 6.07) is 3.97. The lowest BCUT2D eigenvalue weighted by Gasteiger charge is -2.32. The Morgan fingerprint density at radius 3 is 2.94 bits per heavy atom. The zero-order valence-electron chi connectivity index (χ0n) is 17.8. The number of pyridine rings is 1. The number of carbonyl (C=O) groups excluding carboxylic acids is 1. The van der Waals surface area contributed by atoms with E-state index in [1.807, 2.05) is 36.3 Å². The Labute approximate surface area is 185 Å². The number of hydrogen-bond donors (Lipinski definition) is 2. The Balaban J connectivity index is 1.34. The highest BCUT2D eigenvalue weighted by Gasteiger charge is 2.31. The van der Waals surface area contributed by atoms with Crippen molar-refractivity contribution in [3.8, 4) is 0 Å². The van der Waals surface area contributed by atoms with Crippen molar-refractivity contribution in [3.63, 3.8) is 0 Å². The molecular formula is C22H26N6O2S. The molecule has 1 fully saturated rings. The number of nitrogens with one attached hydrogen (secondary N) is 2. The van der Waals surface area contributed by atoms with Crippen LogP contribution in [0.25, 0.3) is 0 Å². The molecule has 0 spiro atoms. The highest BCUT2D eigenvalue weighted by atomic mass is 32.1. The lowest BCUT2D eigenvalue weighted by molar-refractivity contribution is -0.0249. The first kappa shape index (κ1) is 20.1. The standard InChI is InChI=1S/C22H26N6O2S/c1-13-9-15(25-22-24-14(2)12-31-22)10-18(23-13)19-11-28(7-8-30-19)21(29)20-16-5-3-4-6-17(16)26-27-20/h9-10,12,19H,3-8,11H2,1-2H3,(H,26,27)(H,23,24,25)/t19-/m0/s1. The number of fused-ring (bicyclic) bond motifs is 1. The second kappa shape index (κ2) is 8.39. The number of morpholine rings is 1. The van der Waals surface area contributed by atoms with Crippen LogP contribution in [0.4, 0.5) is 10.8 Å². The van der Waals surface area contributed by atoms with Crippen LogP contribution in [-0.2, 0) is 17.6 Å². The summed E-state index contributed by atoms with van der Waals surface area (Å²) < 4.78 is 6.01. The molecule has 3 aromatic heterocycles. The number of amides is 1. The van der Waals surface area contributed by atoms with Crippen molar-refractivity contribution in [1.82, 2.24) is 25.1 Å². The van der Waals surface area contributed by atoms with Crippen LogP contribution >= 0.6 is 11.3 Å². The van der Waals surface area contributed by atoms with Gasteiger partial charge in [0.25, 0.3) is 5.91 Å². The van der Waals surface area contributed by atoms with E-state index >= 15 is 0 Å². The van der Waals surface area contributed by atoms with E-state index in [1.54, 1.807) is 11.3 Å². The number of H-pyrrole nitrogens is 1. The van der Waals surface area contributed by atoms with Crippen LogP contribution < -0.4 is 5.32 Å². The van der Waals surface area contributed by atoms with Crippen LogP contribution in [0, 0.1) is 13.8 Å². The molecule has 1 atom stereocenters. The molecule has 1 amide bonds. The van der Waals surface area contributed by atoms with Crippen molar-refractivity contribution < 1.29 is 9.53 Å². The number of aryl methyl sites for hydroxylation is 3. The van der Waals surface area contributed by atoms with Crippen molar-refractivity contribution in [2.24, 2.45) is 0 Å². The number of hydrogen-bond acceptors (Lipinski definition) is 7. The molecule has 0 radical (unpaired) electrons. The van der Waals surface area contributed by atoms with Gasteiger partial charge in [0.15, 0.2) is 10.8 Å². The van der Waals surface area contributed by atoms with Gasteiger partial charge in [0, 0.05) is 34.6 Å². The summed E-state index contributed by atoms with van der Waals surface area (Å²) in [6.07, 6.45) is 3.89. The molecule has 9 heteroatoms. The minimum Gasteiger partial charge on any atom is -0.368 e. The van der Waals surface area contributed by atoms with E-state index in [0.29, 0.717) is 25.4 Å². The van der Waals surface area contributed by atoms with Crippen LogP contribution in [0.1, 0.15) is 57.8 Å². The van der Waals surface area contributed by atoms with Gasteiger partial charge in [-0.05, 0) is 51.7 Å². The Morgan fingerprint density at radius 2 is 2.10 bits per heavy atom. The number of thiazole rings is 1. The summed E-state index contributed by atoms with van der Waals surface area (Å²) in [5, 5.41) is 13.6. The van der Waals surface area contributed by atoms with Gasteiger partial charge in [0.05, 0.1) is 24.5 Å². The van der Waals surface area contributed by atoms with Crippen LogP contribution in [0.15, 0.2) is 17.5 Å². The van der Waals surface area contributed by atoms with E-state index in [9.17, 15) is 4.79 Å². The molecule has 31 heavy (non-hydrogen) atoms. The fourth-order valence-electron chi connectivity index (χ4n) is 4.29. The monoisotopic (exact) mass is 438 g/mol. The van der Waals surface area contributed by atoms with Gasteiger partial charge in [-0.25, -0.2) is 4.98 Å². The molecule has 5 rings (SSSR count). The largest absolute Gasteiger partial charge is 0.368 e. The van der Waals surface area contributed by atoms with Crippen LogP contribution in [0.5, 0.6) is 0 Å². The van der Waals surface area contributed by atoms with E-state index < -0.39 is 0 Å². The molecule has 1 aliphatic heterocycles. The first-order valence-electron chi connectivity index (χ1n) is 10.7. The molecule has 2 N–H and O–H groups in total. The zero-order chi connectivity index (χ0) is 21.4. The number of aromatic amines is 1. The summed E-state index contributed by atoms with van der Waals surface area (Å²) in [7, 11) is 0. The maximum Gasteiger partial charge on any atom is 0.274 e. The molecule has 162 valence electrons. The number of ether oxygens (including phenoxy) is 1. The number of anilines is 2. The van der Waals surface area contributed by atoms with E-state index in [4.69, 9.17) is 4.74 Å². The predicted octanol–water partition coefficient (Wildman–Crippen LogP) is 3.71. The maximum absolute atomic E-state index is 13.2. The lowest BCUT2D eigenvalue weighted by atomic mass is 9.95. The third-order valence-corrected chi connectivity index (χ3v) is 6.66. The van der Waals surface area contributed by atoms with Gasteiger partial charge in [0.1, 0.15) is 6.10 Å².